The van der Waals surface area contributed by atoms with Crippen molar-refractivity contribution in [3.8, 4) is 11.8 Å². The third kappa shape index (κ3) is 3.02. The summed E-state index contributed by atoms with van der Waals surface area (Å²) in [6.07, 6.45) is 0. The van der Waals surface area contributed by atoms with Crippen molar-refractivity contribution in [1.29, 1.82) is 0 Å². The molecule has 0 spiro atoms. The van der Waals surface area contributed by atoms with Gasteiger partial charge >= 0.3 is 6.01 Å². The van der Waals surface area contributed by atoms with Crippen LogP contribution in [0.5, 0.6) is 11.8 Å². The number of aromatic amines is 1. The molecule has 10 heteroatoms. The molecule has 8 nitrogen and oxygen atoms in total. The van der Waals surface area contributed by atoms with Crippen LogP contribution < -0.4 is 14.2 Å². The predicted molar refractivity (Wildman–Crippen MR) is 74.4 cm³/mol. The SMILES string of the molecule is COc1n[nH]c(NS(=O)(=O)c2cc(Br)ccc2OC)n1. The van der Waals surface area contributed by atoms with Crippen molar-refractivity contribution in [2.24, 2.45) is 0 Å². The summed E-state index contributed by atoms with van der Waals surface area (Å²) < 4.78 is 37.2. The number of rotatable bonds is 5. The van der Waals surface area contributed by atoms with Crippen molar-refractivity contribution in [2.45, 2.75) is 4.90 Å². The number of halogens is 1. The van der Waals surface area contributed by atoms with Gasteiger partial charge in [-0.25, -0.2) is 18.2 Å². The minimum absolute atomic E-state index is 0.0234. The van der Waals surface area contributed by atoms with E-state index in [1.54, 1.807) is 12.1 Å². The van der Waals surface area contributed by atoms with E-state index < -0.39 is 10.0 Å². The van der Waals surface area contributed by atoms with Crippen LogP contribution in [0.15, 0.2) is 27.6 Å². The average molecular weight is 363 g/mol. The van der Waals surface area contributed by atoms with Gasteiger partial charge in [0.1, 0.15) is 10.6 Å². The van der Waals surface area contributed by atoms with Crippen LogP contribution >= 0.6 is 15.9 Å². The van der Waals surface area contributed by atoms with Crippen LogP contribution in [-0.4, -0.2) is 37.8 Å². The standard InChI is InChI=1S/C10H11BrN4O4S/c1-18-7-4-3-6(11)5-8(7)20(16,17)15-9-12-10(19-2)14-13-9/h3-5H,1-2H3,(H2,12,13,14,15). The summed E-state index contributed by atoms with van der Waals surface area (Å²) in [6.45, 7) is 0. The third-order valence-electron chi connectivity index (χ3n) is 2.29. The van der Waals surface area contributed by atoms with E-state index in [2.05, 4.69) is 35.8 Å². The van der Waals surface area contributed by atoms with E-state index in [1.165, 1.54) is 20.3 Å². The molecule has 0 aliphatic carbocycles. The zero-order chi connectivity index (χ0) is 14.8. The molecule has 0 fully saturated rings. The number of benzene rings is 1. The maximum Gasteiger partial charge on any atom is 0.336 e. The summed E-state index contributed by atoms with van der Waals surface area (Å²) in [5.74, 6) is 0.163. The Morgan fingerprint density at radius 2 is 2.05 bits per heavy atom. The molecule has 0 saturated carbocycles. The van der Waals surface area contributed by atoms with Gasteiger partial charge in [0.05, 0.1) is 14.2 Å². The number of nitrogens with zero attached hydrogens (tertiary/aromatic N) is 2. The fraction of sp³-hybridized carbons (Fsp3) is 0.200. The van der Waals surface area contributed by atoms with Gasteiger partial charge in [-0.15, -0.1) is 5.10 Å². The number of H-pyrrole nitrogens is 1. The molecular formula is C10H11BrN4O4S. The van der Waals surface area contributed by atoms with Crippen molar-refractivity contribution < 1.29 is 17.9 Å². The Kier molecular flexibility index (Phi) is 4.14. The summed E-state index contributed by atoms with van der Waals surface area (Å²) in [5, 5.41) is 6.05. The van der Waals surface area contributed by atoms with Gasteiger partial charge in [0.15, 0.2) is 0 Å². The summed E-state index contributed by atoms with van der Waals surface area (Å²) in [5.41, 5.74) is 0. The lowest BCUT2D eigenvalue weighted by molar-refractivity contribution is 0.382. The van der Waals surface area contributed by atoms with Crippen molar-refractivity contribution >= 4 is 31.9 Å². The second-order valence-corrected chi connectivity index (χ2v) is 6.14. The van der Waals surface area contributed by atoms with E-state index in [4.69, 9.17) is 9.47 Å². The highest BCUT2D eigenvalue weighted by Gasteiger charge is 2.21. The number of anilines is 1. The van der Waals surface area contributed by atoms with E-state index in [-0.39, 0.29) is 22.6 Å². The van der Waals surface area contributed by atoms with Crippen molar-refractivity contribution in [1.82, 2.24) is 15.2 Å². The Bertz CT molecular complexity index is 716. The summed E-state index contributed by atoms with van der Waals surface area (Å²) >= 11 is 3.22. The average Bonchev–Trinajstić information content (AvgIpc) is 2.85. The van der Waals surface area contributed by atoms with Crippen LogP contribution in [0.2, 0.25) is 0 Å². The maximum absolute atomic E-state index is 12.3. The van der Waals surface area contributed by atoms with Gasteiger partial charge in [0.2, 0.25) is 5.95 Å². The van der Waals surface area contributed by atoms with E-state index in [0.717, 1.165) is 0 Å². The third-order valence-corrected chi connectivity index (χ3v) is 4.15. The number of methoxy groups -OCH3 is 2. The van der Waals surface area contributed by atoms with Gasteiger partial charge in [-0.1, -0.05) is 15.9 Å². The van der Waals surface area contributed by atoms with Gasteiger partial charge in [-0.3, -0.25) is 0 Å². The van der Waals surface area contributed by atoms with Crippen molar-refractivity contribution in [2.75, 3.05) is 18.9 Å². The molecule has 0 amide bonds. The van der Waals surface area contributed by atoms with Gasteiger partial charge in [0, 0.05) is 4.47 Å². The fourth-order valence-corrected chi connectivity index (χ4v) is 3.09. The molecule has 1 aromatic heterocycles. The normalized spacial score (nSPS) is 11.2. The molecule has 2 aromatic rings. The molecule has 108 valence electrons. The molecule has 2 rings (SSSR count). The zero-order valence-corrected chi connectivity index (χ0v) is 12.9. The van der Waals surface area contributed by atoms with Gasteiger partial charge in [0.25, 0.3) is 10.0 Å². The summed E-state index contributed by atoms with van der Waals surface area (Å²) in [7, 11) is -1.11. The van der Waals surface area contributed by atoms with Crippen LogP contribution in [0.25, 0.3) is 0 Å². The first-order valence-corrected chi connectivity index (χ1v) is 7.56. The van der Waals surface area contributed by atoms with Crippen molar-refractivity contribution in [3.05, 3.63) is 22.7 Å². The van der Waals surface area contributed by atoms with Crippen LogP contribution in [0.1, 0.15) is 0 Å². The maximum atomic E-state index is 12.3. The number of hydrogen-bond donors (Lipinski definition) is 2. The van der Waals surface area contributed by atoms with Gasteiger partial charge in [-0.05, 0) is 18.2 Å². The molecule has 0 bridgehead atoms. The lowest BCUT2D eigenvalue weighted by Crippen LogP contribution is -2.15. The Morgan fingerprint density at radius 3 is 2.65 bits per heavy atom. The minimum Gasteiger partial charge on any atom is -0.495 e. The van der Waals surface area contributed by atoms with Gasteiger partial charge in [-0.2, -0.15) is 4.98 Å². The monoisotopic (exact) mass is 362 g/mol. The van der Waals surface area contributed by atoms with Crippen molar-refractivity contribution in [3.63, 3.8) is 0 Å². The lowest BCUT2D eigenvalue weighted by atomic mass is 10.3. The van der Waals surface area contributed by atoms with E-state index in [0.29, 0.717) is 4.47 Å². The van der Waals surface area contributed by atoms with Crippen LogP contribution in [0.3, 0.4) is 0 Å². The molecule has 0 atom stereocenters. The highest BCUT2D eigenvalue weighted by molar-refractivity contribution is 9.10. The number of sulfonamides is 1. The molecule has 2 N–H and O–H groups in total. The number of aromatic nitrogens is 3. The number of ether oxygens (including phenoxy) is 2. The second-order valence-electron chi connectivity index (χ2n) is 3.57. The first-order valence-electron chi connectivity index (χ1n) is 5.29. The Morgan fingerprint density at radius 1 is 1.30 bits per heavy atom. The molecule has 0 unspecified atom stereocenters. The first-order chi connectivity index (χ1) is 9.46. The molecule has 0 aliphatic rings. The Balaban J connectivity index is 2.37. The smallest absolute Gasteiger partial charge is 0.336 e. The molecule has 0 radical (unpaired) electrons. The number of hydrogen-bond acceptors (Lipinski definition) is 6. The molecule has 1 aromatic carbocycles. The Hall–Kier alpha value is -1.81. The highest BCUT2D eigenvalue weighted by Crippen LogP contribution is 2.28. The van der Waals surface area contributed by atoms with Gasteiger partial charge < -0.3 is 9.47 Å². The number of nitrogens with one attached hydrogen (secondary N) is 2. The predicted octanol–water partition coefficient (Wildman–Crippen LogP) is 1.39. The summed E-state index contributed by atoms with van der Waals surface area (Å²) in [6, 6.07) is 4.67. The first kappa shape index (κ1) is 14.6. The molecule has 20 heavy (non-hydrogen) atoms. The van der Waals surface area contributed by atoms with Crippen LogP contribution in [0.4, 0.5) is 5.95 Å². The molecule has 0 saturated heterocycles. The fourth-order valence-electron chi connectivity index (χ4n) is 1.43. The van der Waals surface area contributed by atoms with Crippen LogP contribution in [0, 0.1) is 0 Å². The Labute approximate surface area is 123 Å². The largest absolute Gasteiger partial charge is 0.495 e. The van der Waals surface area contributed by atoms with E-state index in [9.17, 15) is 8.42 Å². The zero-order valence-electron chi connectivity index (χ0n) is 10.5. The topological polar surface area (TPSA) is 106 Å². The second kappa shape index (κ2) is 5.67. The minimum atomic E-state index is -3.87. The molecular weight excluding hydrogens is 352 g/mol. The molecule has 1 heterocycles. The summed E-state index contributed by atoms with van der Waals surface area (Å²) in [4.78, 5) is 3.76. The van der Waals surface area contributed by atoms with E-state index in [1.807, 2.05) is 0 Å². The van der Waals surface area contributed by atoms with E-state index >= 15 is 0 Å². The highest BCUT2D eigenvalue weighted by atomic mass is 79.9. The van der Waals surface area contributed by atoms with Crippen LogP contribution in [-0.2, 0) is 10.0 Å². The lowest BCUT2D eigenvalue weighted by Gasteiger charge is -2.10. The quantitative estimate of drug-likeness (QED) is 0.832. The molecule has 0 aliphatic heterocycles.